The maximum absolute atomic E-state index is 12.0. The van der Waals surface area contributed by atoms with E-state index in [-0.39, 0.29) is 11.9 Å². The Hall–Kier alpha value is -2.12. The van der Waals surface area contributed by atoms with Gasteiger partial charge >= 0.3 is 0 Å². The van der Waals surface area contributed by atoms with Gasteiger partial charge in [-0.1, -0.05) is 6.58 Å². The monoisotopic (exact) mass is 305 g/mol. The van der Waals surface area contributed by atoms with Crippen molar-refractivity contribution in [3.8, 4) is 0 Å². The van der Waals surface area contributed by atoms with Crippen molar-refractivity contribution < 1.29 is 9.53 Å². The summed E-state index contributed by atoms with van der Waals surface area (Å²) in [7, 11) is 0. The fourth-order valence-corrected chi connectivity index (χ4v) is 2.27. The lowest BCUT2D eigenvalue weighted by molar-refractivity contribution is -0.125. The van der Waals surface area contributed by atoms with E-state index in [1.165, 1.54) is 0 Å². The number of aromatic nitrogens is 2. The summed E-state index contributed by atoms with van der Waals surface area (Å²) in [6, 6.07) is -0.272. The van der Waals surface area contributed by atoms with Gasteiger partial charge in [0, 0.05) is 25.3 Å². The van der Waals surface area contributed by atoms with Gasteiger partial charge in [0.05, 0.1) is 30.9 Å². The molecule has 0 spiro atoms. The van der Waals surface area contributed by atoms with Crippen molar-refractivity contribution in [3.63, 3.8) is 0 Å². The Bertz CT molecular complexity index is 554. The van der Waals surface area contributed by atoms with Gasteiger partial charge in [-0.2, -0.15) is 0 Å². The number of allylic oxidation sites excluding steroid dienone is 1. The number of nitrogens with two attached hydrogens (primary N) is 1. The Kier molecular flexibility index (Phi) is 5.74. The molecule has 22 heavy (non-hydrogen) atoms. The van der Waals surface area contributed by atoms with Crippen LogP contribution in [0.25, 0.3) is 12.2 Å². The van der Waals surface area contributed by atoms with Gasteiger partial charge < -0.3 is 25.7 Å². The summed E-state index contributed by atoms with van der Waals surface area (Å²) in [5, 5.41) is 6.02. The average molecular weight is 305 g/mol. The highest BCUT2D eigenvalue weighted by Gasteiger charge is 2.20. The normalized spacial score (nSPS) is 19.0. The van der Waals surface area contributed by atoms with Crippen LogP contribution in [0.3, 0.4) is 0 Å². The highest BCUT2D eigenvalue weighted by molar-refractivity contribution is 5.81. The molecule has 2 rings (SSSR count). The van der Waals surface area contributed by atoms with Crippen LogP contribution in [-0.2, 0) is 16.1 Å². The molecular weight excluding hydrogens is 282 g/mol. The summed E-state index contributed by atoms with van der Waals surface area (Å²) in [4.78, 5) is 16.3. The fraction of sp³-hybridized carbons (Fsp3) is 0.467. The van der Waals surface area contributed by atoms with Crippen LogP contribution >= 0.6 is 0 Å². The summed E-state index contributed by atoms with van der Waals surface area (Å²) < 4.78 is 7.22. The molecule has 1 amide bonds. The third-order valence-electron chi connectivity index (χ3n) is 3.36. The van der Waals surface area contributed by atoms with E-state index in [9.17, 15) is 4.79 Å². The maximum Gasteiger partial charge on any atom is 0.239 e. The van der Waals surface area contributed by atoms with E-state index in [0.717, 1.165) is 11.4 Å². The van der Waals surface area contributed by atoms with Crippen molar-refractivity contribution in [2.24, 2.45) is 5.73 Å². The molecule has 120 valence electrons. The number of nitrogens with zero attached hydrogens (tertiary/aromatic N) is 2. The number of hydrogen-bond acceptors (Lipinski definition) is 5. The quantitative estimate of drug-likeness (QED) is 0.685. The molecule has 0 aromatic carbocycles. The largest absolute Gasteiger partial charge is 0.402 e. The molecule has 2 heterocycles. The average Bonchev–Trinajstić information content (AvgIpc) is 2.89. The third-order valence-corrected chi connectivity index (χ3v) is 3.36. The highest BCUT2D eigenvalue weighted by Crippen LogP contribution is 2.12. The predicted octanol–water partition coefficient (Wildman–Crippen LogP) is -0.0498. The van der Waals surface area contributed by atoms with Crippen molar-refractivity contribution in [1.82, 2.24) is 20.2 Å². The molecule has 1 aliphatic rings. The van der Waals surface area contributed by atoms with Gasteiger partial charge in [0.25, 0.3) is 0 Å². The molecule has 1 fully saturated rings. The number of rotatable bonds is 6. The molecule has 0 saturated carbocycles. The summed E-state index contributed by atoms with van der Waals surface area (Å²) in [5.74, 6) is -0.0455. The lowest BCUT2D eigenvalue weighted by Crippen LogP contribution is -2.51. The molecule has 7 heteroatoms. The van der Waals surface area contributed by atoms with Gasteiger partial charge in [-0.3, -0.25) is 4.79 Å². The van der Waals surface area contributed by atoms with Gasteiger partial charge in [-0.15, -0.1) is 0 Å². The van der Waals surface area contributed by atoms with E-state index in [0.29, 0.717) is 38.5 Å². The first-order valence-electron chi connectivity index (χ1n) is 7.32. The van der Waals surface area contributed by atoms with Crippen LogP contribution in [0.2, 0.25) is 0 Å². The SMILES string of the molecule is C=Cc1ncn(CCNC(=O)C2COCCN2)c1/C=C(\C)N. The molecule has 1 atom stereocenters. The van der Waals surface area contributed by atoms with Crippen LogP contribution < -0.4 is 16.4 Å². The van der Waals surface area contributed by atoms with Crippen molar-refractivity contribution >= 4 is 18.1 Å². The van der Waals surface area contributed by atoms with E-state index in [2.05, 4.69) is 22.2 Å². The van der Waals surface area contributed by atoms with Crippen LogP contribution in [0.5, 0.6) is 0 Å². The van der Waals surface area contributed by atoms with Gasteiger partial charge in [-0.25, -0.2) is 4.98 Å². The van der Waals surface area contributed by atoms with E-state index >= 15 is 0 Å². The first-order chi connectivity index (χ1) is 10.6. The van der Waals surface area contributed by atoms with E-state index in [4.69, 9.17) is 10.5 Å². The Labute approximate surface area is 130 Å². The van der Waals surface area contributed by atoms with Crippen molar-refractivity contribution in [1.29, 1.82) is 0 Å². The smallest absolute Gasteiger partial charge is 0.239 e. The maximum atomic E-state index is 12.0. The minimum Gasteiger partial charge on any atom is -0.402 e. The number of nitrogens with one attached hydrogen (secondary N) is 2. The molecule has 4 N–H and O–H groups in total. The number of morpholine rings is 1. The molecule has 0 aliphatic carbocycles. The topological polar surface area (TPSA) is 94.2 Å². The second-order valence-corrected chi connectivity index (χ2v) is 5.17. The Balaban J connectivity index is 1.91. The zero-order chi connectivity index (χ0) is 15.9. The van der Waals surface area contributed by atoms with Crippen molar-refractivity contribution in [3.05, 3.63) is 30.0 Å². The number of carbonyl (C=O) groups excluding carboxylic acids is 1. The molecule has 1 aliphatic heterocycles. The highest BCUT2D eigenvalue weighted by atomic mass is 16.5. The molecule has 0 radical (unpaired) electrons. The van der Waals surface area contributed by atoms with E-state index in [1.54, 1.807) is 12.4 Å². The lowest BCUT2D eigenvalue weighted by atomic mass is 10.2. The summed E-state index contributed by atoms with van der Waals surface area (Å²) in [5.41, 5.74) is 8.10. The molecule has 1 aromatic rings. The second-order valence-electron chi connectivity index (χ2n) is 5.17. The zero-order valence-electron chi connectivity index (χ0n) is 12.8. The summed E-state index contributed by atoms with van der Waals surface area (Å²) in [6.07, 6.45) is 5.26. The van der Waals surface area contributed by atoms with Gasteiger partial charge in [0.2, 0.25) is 5.91 Å². The predicted molar refractivity (Wildman–Crippen MR) is 85.8 cm³/mol. The molecule has 1 saturated heterocycles. The Morgan fingerprint density at radius 2 is 2.55 bits per heavy atom. The molecule has 7 nitrogen and oxygen atoms in total. The number of ether oxygens (including phenoxy) is 1. The number of amides is 1. The lowest BCUT2D eigenvalue weighted by Gasteiger charge is -2.22. The van der Waals surface area contributed by atoms with Gasteiger partial charge in [-0.05, 0) is 19.1 Å². The third kappa shape index (κ3) is 4.19. The Morgan fingerprint density at radius 1 is 1.73 bits per heavy atom. The van der Waals surface area contributed by atoms with Crippen LogP contribution in [0, 0.1) is 0 Å². The van der Waals surface area contributed by atoms with Crippen molar-refractivity contribution in [2.45, 2.75) is 19.5 Å². The molecule has 1 unspecified atom stereocenters. The van der Waals surface area contributed by atoms with E-state index in [1.807, 2.05) is 17.6 Å². The summed E-state index contributed by atoms with van der Waals surface area (Å²) in [6.45, 7) is 8.45. The first-order valence-corrected chi connectivity index (χ1v) is 7.32. The van der Waals surface area contributed by atoms with Crippen LogP contribution in [0.4, 0.5) is 0 Å². The molecule has 0 bridgehead atoms. The Morgan fingerprint density at radius 3 is 3.18 bits per heavy atom. The standard InChI is InChI=1S/C15H23N5O2/c1-3-12-14(8-11(2)16)20(10-19-12)6-4-18-15(21)13-9-22-7-5-17-13/h3,8,10,13,17H,1,4-7,9,16H2,2H3,(H,18,21)/b11-8+. The minimum atomic E-state index is -0.272. The van der Waals surface area contributed by atoms with Crippen LogP contribution in [0.15, 0.2) is 18.6 Å². The zero-order valence-corrected chi connectivity index (χ0v) is 12.8. The first kappa shape index (κ1) is 16.3. The summed E-state index contributed by atoms with van der Waals surface area (Å²) >= 11 is 0. The van der Waals surface area contributed by atoms with Crippen LogP contribution in [0.1, 0.15) is 18.3 Å². The van der Waals surface area contributed by atoms with Gasteiger partial charge in [0.15, 0.2) is 0 Å². The van der Waals surface area contributed by atoms with Crippen molar-refractivity contribution in [2.75, 3.05) is 26.3 Å². The van der Waals surface area contributed by atoms with E-state index < -0.39 is 0 Å². The molecule has 1 aromatic heterocycles. The number of hydrogen-bond donors (Lipinski definition) is 3. The fourth-order valence-electron chi connectivity index (χ4n) is 2.27. The van der Waals surface area contributed by atoms with Gasteiger partial charge in [0.1, 0.15) is 6.04 Å². The molecular formula is C15H23N5O2. The number of carbonyl (C=O) groups is 1. The second kappa shape index (κ2) is 7.77. The van der Waals surface area contributed by atoms with Crippen LogP contribution in [-0.4, -0.2) is 47.8 Å². The number of imidazole rings is 1. The minimum absolute atomic E-state index is 0.0455.